The minimum absolute atomic E-state index is 0.0208. The van der Waals surface area contributed by atoms with Gasteiger partial charge in [0.1, 0.15) is 5.82 Å². The van der Waals surface area contributed by atoms with Crippen LogP contribution in [0.2, 0.25) is 0 Å². The fourth-order valence-corrected chi connectivity index (χ4v) is 3.21. The zero-order chi connectivity index (χ0) is 12.3. The van der Waals surface area contributed by atoms with E-state index in [4.69, 9.17) is 5.73 Å². The Morgan fingerprint density at radius 1 is 1.53 bits per heavy atom. The van der Waals surface area contributed by atoms with Gasteiger partial charge in [-0.1, -0.05) is 11.8 Å². The minimum atomic E-state index is -0.218. The Morgan fingerprint density at radius 2 is 2.35 bits per heavy atom. The van der Waals surface area contributed by atoms with Crippen molar-refractivity contribution in [2.75, 3.05) is 0 Å². The second-order valence-corrected chi connectivity index (χ2v) is 6.02. The molecule has 1 atom stereocenters. The zero-order valence-corrected chi connectivity index (χ0v) is 11.0. The predicted molar refractivity (Wildman–Crippen MR) is 70.0 cm³/mol. The molecule has 0 saturated carbocycles. The molecule has 0 fully saturated rings. The largest absolute Gasteiger partial charge is 0.328 e. The Morgan fingerprint density at radius 3 is 3.00 bits per heavy atom. The molecule has 2 N–H and O–H groups in total. The highest BCUT2D eigenvalue weighted by Crippen LogP contribution is 2.32. The van der Waals surface area contributed by atoms with Crippen molar-refractivity contribution in [3.05, 3.63) is 41.2 Å². The van der Waals surface area contributed by atoms with Gasteiger partial charge in [0.25, 0.3) is 0 Å². The molecule has 1 heterocycles. The summed E-state index contributed by atoms with van der Waals surface area (Å²) in [5, 5.41) is 1.93. The number of halogens is 1. The molecule has 0 radical (unpaired) electrons. The van der Waals surface area contributed by atoms with E-state index in [-0.39, 0.29) is 11.9 Å². The average Bonchev–Trinajstić information content (AvgIpc) is 2.74. The van der Waals surface area contributed by atoms with Gasteiger partial charge in [0.2, 0.25) is 0 Å². The van der Waals surface area contributed by atoms with Crippen LogP contribution < -0.4 is 5.73 Å². The van der Waals surface area contributed by atoms with Crippen LogP contribution in [0.3, 0.4) is 0 Å². The second-order valence-electron chi connectivity index (χ2n) is 3.83. The molecule has 0 spiro atoms. The molecule has 17 heavy (non-hydrogen) atoms. The molecule has 0 saturated heterocycles. The highest BCUT2D eigenvalue weighted by Gasteiger charge is 2.09. The summed E-state index contributed by atoms with van der Waals surface area (Å²) in [6.07, 6.45) is 2.44. The highest BCUT2D eigenvalue weighted by atomic mass is 32.2. The molecule has 1 unspecified atom stereocenters. The smallest absolute Gasteiger partial charge is 0.154 e. The normalized spacial score (nSPS) is 12.6. The van der Waals surface area contributed by atoms with Gasteiger partial charge in [0.15, 0.2) is 4.34 Å². The van der Waals surface area contributed by atoms with Gasteiger partial charge in [0, 0.05) is 22.5 Å². The summed E-state index contributed by atoms with van der Waals surface area (Å²) in [4.78, 5) is 5.24. The molecule has 0 aliphatic rings. The lowest BCUT2D eigenvalue weighted by Crippen LogP contribution is -2.18. The molecular formula is C12H13FN2S2. The third kappa shape index (κ3) is 3.52. The van der Waals surface area contributed by atoms with E-state index < -0.39 is 0 Å². The molecule has 0 aliphatic carbocycles. The van der Waals surface area contributed by atoms with Crippen molar-refractivity contribution in [2.45, 2.75) is 28.6 Å². The molecule has 2 aromatic rings. The Hall–Kier alpha value is -0.910. The quantitative estimate of drug-likeness (QED) is 0.924. The van der Waals surface area contributed by atoms with Gasteiger partial charge in [-0.05, 0) is 37.1 Å². The Bertz CT molecular complexity index is 483. The van der Waals surface area contributed by atoms with E-state index in [0.29, 0.717) is 6.42 Å². The lowest BCUT2D eigenvalue weighted by atomic mass is 10.1. The van der Waals surface area contributed by atoms with Crippen molar-refractivity contribution in [1.82, 2.24) is 4.98 Å². The first-order valence-corrected chi connectivity index (χ1v) is 6.96. The molecule has 1 aromatic heterocycles. The lowest BCUT2D eigenvalue weighted by molar-refractivity contribution is 0.620. The van der Waals surface area contributed by atoms with Crippen LogP contribution in [0.4, 0.5) is 4.39 Å². The molecule has 2 rings (SSSR count). The lowest BCUT2D eigenvalue weighted by Gasteiger charge is -2.10. The molecule has 5 heteroatoms. The van der Waals surface area contributed by atoms with Gasteiger partial charge in [-0.25, -0.2) is 9.37 Å². The number of nitrogens with two attached hydrogens (primary N) is 1. The van der Waals surface area contributed by atoms with E-state index in [0.717, 1.165) is 14.8 Å². The predicted octanol–water partition coefficient (Wildman–Crippen LogP) is 3.32. The number of nitrogens with zero attached hydrogens (tertiary/aromatic N) is 1. The van der Waals surface area contributed by atoms with Crippen molar-refractivity contribution < 1.29 is 4.39 Å². The van der Waals surface area contributed by atoms with Gasteiger partial charge in [0.05, 0.1) is 0 Å². The van der Waals surface area contributed by atoms with Gasteiger partial charge in [-0.3, -0.25) is 0 Å². The van der Waals surface area contributed by atoms with Gasteiger partial charge in [-0.2, -0.15) is 0 Å². The van der Waals surface area contributed by atoms with Crippen molar-refractivity contribution in [2.24, 2.45) is 5.73 Å². The van der Waals surface area contributed by atoms with E-state index in [1.54, 1.807) is 41.4 Å². The highest BCUT2D eigenvalue weighted by molar-refractivity contribution is 8.01. The van der Waals surface area contributed by atoms with Gasteiger partial charge >= 0.3 is 0 Å². The van der Waals surface area contributed by atoms with Gasteiger partial charge in [-0.15, -0.1) is 11.3 Å². The van der Waals surface area contributed by atoms with Gasteiger partial charge < -0.3 is 5.73 Å². The summed E-state index contributed by atoms with van der Waals surface area (Å²) in [6.45, 7) is 1.92. The summed E-state index contributed by atoms with van der Waals surface area (Å²) in [5.74, 6) is -0.218. The third-order valence-electron chi connectivity index (χ3n) is 2.17. The van der Waals surface area contributed by atoms with Crippen LogP contribution in [-0.4, -0.2) is 11.0 Å². The first-order chi connectivity index (χ1) is 8.15. The average molecular weight is 268 g/mol. The minimum Gasteiger partial charge on any atom is -0.328 e. The number of aromatic nitrogens is 1. The first-order valence-electron chi connectivity index (χ1n) is 5.26. The van der Waals surface area contributed by atoms with Crippen molar-refractivity contribution >= 4 is 23.1 Å². The zero-order valence-electron chi connectivity index (χ0n) is 9.39. The SMILES string of the molecule is CC(N)Cc1cc(F)ccc1Sc1nccs1. The van der Waals surface area contributed by atoms with E-state index >= 15 is 0 Å². The summed E-state index contributed by atoms with van der Waals surface area (Å²) in [5.41, 5.74) is 6.72. The van der Waals surface area contributed by atoms with Crippen LogP contribution in [0.25, 0.3) is 0 Å². The first kappa shape index (κ1) is 12.5. The van der Waals surface area contributed by atoms with Crippen LogP contribution in [-0.2, 0) is 6.42 Å². The second kappa shape index (κ2) is 5.62. The number of hydrogen-bond donors (Lipinski definition) is 1. The number of benzene rings is 1. The van der Waals surface area contributed by atoms with Crippen LogP contribution in [0.15, 0.2) is 39.0 Å². The van der Waals surface area contributed by atoms with Crippen LogP contribution >= 0.6 is 23.1 Å². The van der Waals surface area contributed by atoms with E-state index in [1.165, 1.54) is 6.07 Å². The Labute approximate surface area is 108 Å². The Balaban J connectivity index is 2.25. The number of thiazole rings is 1. The number of rotatable bonds is 4. The Kier molecular flexibility index (Phi) is 4.15. The molecule has 2 nitrogen and oxygen atoms in total. The maximum atomic E-state index is 13.2. The van der Waals surface area contributed by atoms with Crippen molar-refractivity contribution in [1.29, 1.82) is 0 Å². The van der Waals surface area contributed by atoms with Crippen LogP contribution in [0, 0.1) is 5.82 Å². The summed E-state index contributed by atoms with van der Waals surface area (Å²) in [7, 11) is 0. The van der Waals surface area contributed by atoms with Crippen molar-refractivity contribution in [3.63, 3.8) is 0 Å². The van der Waals surface area contributed by atoms with E-state index in [2.05, 4.69) is 4.98 Å². The van der Waals surface area contributed by atoms with Crippen LogP contribution in [0.1, 0.15) is 12.5 Å². The van der Waals surface area contributed by atoms with E-state index in [9.17, 15) is 4.39 Å². The number of hydrogen-bond acceptors (Lipinski definition) is 4. The summed E-state index contributed by atoms with van der Waals surface area (Å²) < 4.78 is 14.2. The molecule has 0 aliphatic heterocycles. The maximum Gasteiger partial charge on any atom is 0.154 e. The molecule has 0 amide bonds. The topological polar surface area (TPSA) is 38.9 Å². The standard InChI is InChI=1S/C12H13FN2S2/c1-8(14)6-9-7-10(13)2-3-11(9)17-12-15-4-5-16-12/h2-5,7-8H,6,14H2,1H3. The summed E-state index contributed by atoms with van der Waals surface area (Å²) >= 11 is 3.13. The van der Waals surface area contributed by atoms with E-state index in [1.807, 2.05) is 12.3 Å². The molecular weight excluding hydrogens is 255 g/mol. The van der Waals surface area contributed by atoms with Crippen molar-refractivity contribution in [3.8, 4) is 0 Å². The monoisotopic (exact) mass is 268 g/mol. The third-order valence-corrected chi connectivity index (χ3v) is 4.17. The maximum absolute atomic E-state index is 13.2. The van der Waals surface area contributed by atoms with Crippen LogP contribution in [0.5, 0.6) is 0 Å². The summed E-state index contributed by atoms with van der Waals surface area (Å²) in [6, 6.07) is 4.84. The molecule has 1 aromatic carbocycles. The fraction of sp³-hybridized carbons (Fsp3) is 0.250. The molecule has 90 valence electrons. The molecule has 0 bridgehead atoms. The fourth-order valence-electron chi connectivity index (χ4n) is 1.51.